The number of rotatable bonds is 11. The number of nitrogens with one attached hydrogen (secondary N) is 2. The molecular weight excluding hydrogens is 679 g/mol. The fraction of sp³-hybridized carbons (Fsp3) is 0.417. The first-order chi connectivity index (χ1) is 23.5. The zero-order chi connectivity index (χ0) is 34.7. The molecule has 1 amide bonds. The topological polar surface area (TPSA) is 98.6 Å². The molecular formula is C36H44Cl2N8O2S. The van der Waals surface area contributed by atoms with Crippen molar-refractivity contribution in [2.45, 2.75) is 43.2 Å². The Hall–Kier alpha value is -3.48. The molecule has 0 radical (unpaired) electrons. The third kappa shape index (κ3) is 8.46. The summed E-state index contributed by atoms with van der Waals surface area (Å²) < 4.78 is 1.43. The van der Waals surface area contributed by atoms with Gasteiger partial charge in [-0.25, -0.2) is 4.98 Å². The molecule has 49 heavy (non-hydrogen) atoms. The highest BCUT2D eigenvalue weighted by atomic mass is 35.5. The highest BCUT2D eigenvalue weighted by molar-refractivity contribution is 8.14. The number of hydrogen-bond acceptors (Lipinski definition) is 8. The lowest BCUT2D eigenvalue weighted by Gasteiger charge is -2.30. The number of piperidine rings is 1. The molecule has 0 saturated carbocycles. The molecule has 260 valence electrons. The van der Waals surface area contributed by atoms with Crippen molar-refractivity contribution >= 4 is 73.8 Å². The van der Waals surface area contributed by atoms with Crippen molar-refractivity contribution < 1.29 is 4.79 Å². The van der Waals surface area contributed by atoms with Crippen LogP contribution in [0.15, 0.2) is 58.4 Å². The summed E-state index contributed by atoms with van der Waals surface area (Å²) >= 11 is 13.7. The van der Waals surface area contributed by atoms with Gasteiger partial charge in [0.2, 0.25) is 11.9 Å². The summed E-state index contributed by atoms with van der Waals surface area (Å²) in [6.45, 7) is 4.26. The summed E-state index contributed by atoms with van der Waals surface area (Å²) in [5, 5.41) is 8.20. The summed E-state index contributed by atoms with van der Waals surface area (Å²) in [5.41, 5.74) is 2.53. The van der Waals surface area contributed by atoms with E-state index < -0.39 is 5.56 Å². The SMILES string of the molecule is C=S(CCN(C)C)c1cc(Cl)c(-c2cc3cnc(Nc4ccc(NC5CCN(C)CC5)cc4)nc3n(CC(=O)N3CCCC3)c2=O)c(Cl)c1. The van der Waals surface area contributed by atoms with Crippen molar-refractivity contribution in [1.82, 2.24) is 29.2 Å². The molecule has 4 heterocycles. The third-order valence-corrected chi connectivity index (χ3v) is 11.4. The van der Waals surface area contributed by atoms with Crippen LogP contribution in [0.5, 0.6) is 0 Å². The van der Waals surface area contributed by atoms with Crippen LogP contribution in [0.2, 0.25) is 10.0 Å². The number of likely N-dealkylation sites (tertiary alicyclic amines) is 2. The number of nitrogens with zero attached hydrogens (tertiary/aromatic N) is 6. The first-order valence-electron chi connectivity index (χ1n) is 16.7. The van der Waals surface area contributed by atoms with E-state index in [1.165, 1.54) is 4.57 Å². The number of anilines is 3. The second-order valence-corrected chi connectivity index (χ2v) is 15.9. The molecule has 10 nitrogen and oxygen atoms in total. The lowest BCUT2D eigenvalue weighted by Crippen LogP contribution is -2.36. The van der Waals surface area contributed by atoms with Gasteiger partial charge >= 0.3 is 0 Å². The largest absolute Gasteiger partial charge is 0.382 e. The van der Waals surface area contributed by atoms with E-state index in [1.807, 2.05) is 50.5 Å². The van der Waals surface area contributed by atoms with E-state index in [4.69, 9.17) is 28.2 Å². The normalized spacial score (nSPS) is 16.4. The molecule has 2 aliphatic heterocycles. The van der Waals surface area contributed by atoms with Crippen LogP contribution in [0.25, 0.3) is 22.2 Å². The van der Waals surface area contributed by atoms with Crippen LogP contribution in [0, 0.1) is 0 Å². The smallest absolute Gasteiger partial charge is 0.260 e. The van der Waals surface area contributed by atoms with Gasteiger partial charge in [0.05, 0.1) is 15.6 Å². The zero-order valence-corrected chi connectivity index (χ0v) is 30.7. The maximum absolute atomic E-state index is 14.3. The minimum Gasteiger partial charge on any atom is -0.382 e. The second kappa shape index (κ2) is 15.6. The fourth-order valence-corrected chi connectivity index (χ4v) is 8.51. The highest BCUT2D eigenvalue weighted by Crippen LogP contribution is 2.39. The van der Waals surface area contributed by atoms with E-state index in [0.29, 0.717) is 51.7 Å². The quantitative estimate of drug-likeness (QED) is 0.175. The number of carbonyl (C=O) groups excluding carboxylic acids is 1. The number of pyridine rings is 1. The summed E-state index contributed by atoms with van der Waals surface area (Å²) in [7, 11) is 5.87. The summed E-state index contributed by atoms with van der Waals surface area (Å²) in [6, 6.07) is 13.9. The maximum atomic E-state index is 14.3. The lowest BCUT2D eigenvalue weighted by atomic mass is 10.1. The summed E-state index contributed by atoms with van der Waals surface area (Å²) in [4.78, 5) is 44.2. The molecule has 1 unspecified atom stereocenters. The average Bonchev–Trinajstić information content (AvgIpc) is 3.63. The van der Waals surface area contributed by atoms with Gasteiger partial charge in [-0.15, -0.1) is 0 Å². The van der Waals surface area contributed by atoms with Gasteiger partial charge in [0.25, 0.3) is 5.56 Å². The van der Waals surface area contributed by atoms with Gasteiger partial charge in [-0.3, -0.25) is 14.2 Å². The monoisotopic (exact) mass is 722 g/mol. The van der Waals surface area contributed by atoms with Crippen molar-refractivity contribution in [3.8, 4) is 11.1 Å². The average molecular weight is 724 g/mol. The van der Waals surface area contributed by atoms with Crippen LogP contribution in [-0.4, -0.2) is 107 Å². The van der Waals surface area contributed by atoms with Crippen molar-refractivity contribution in [1.29, 1.82) is 0 Å². The Morgan fingerprint density at radius 1 is 1.02 bits per heavy atom. The Labute approximate surface area is 300 Å². The number of halogens is 2. The minimum atomic E-state index is -0.396. The van der Waals surface area contributed by atoms with Crippen molar-refractivity contribution in [2.24, 2.45) is 0 Å². The minimum absolute atomic E-state index is 0.131. The summed E-state index contributed by atoms with van der Waals surface area (Å²) in [5.74, 6) is 5.37. The first-order valence-corrected chi connectivity index (χ1v) is 19.0. The molecule has 2 aromatic carbocycles. The Balaban J connectivity index is 1.32. The molecule has 0 spiro atoms. The van der Waals surface area contributed by atoms with Crippen LogP contribution in [0.1, 0.15) is 25.7 Å². The second-order valence-electron chi connectivity index (χ2n) is 13.2. The highest BCUT2D eigenvalue weighted by Gasteiger charge is 2.24. The first kappa shape index (κ1) is 35.3. The third-order valence-electron chi connectivity index (χ3n) is 9.21. The van der Waals surface area contributed by atoms with E-state index in [0.717, 1.165) is 67.3 Å². The van der Waals surface area contributed by atoms with Crippen molar-refractivity contribution in [3.05, 3.63) is 69.1 Å². The van der Waals surface area contributed by atoms with Crippen LogP contribution in [0.4, 0.5) is 17.3 Å². The Morgan fingerprint density at radius 3 is 2.33 bits per heavy atom. The molecule has 2 saturated heterocycles. The van der Waals surface area contributed by atoms with E-state index in [9.17, 15) is 9.59 Å². The fourth-order valence-electron chi connectivity index (χ4n) is 6.30. The van der Waals surface area contributed by atoms with E-state index in [2.05, 4.69) is 38.3 Å². The molecule has 2 aliphatic rings. The number of carbonyl (C=O) groups is 1. The molecule has 0 bridgehead atoms. The van der Waals surface area contributed by atoms with Crippen molar-refractivity contribution in [3.63, 3.8) is 0 Å². The van der Waals surface area contributed by atoms with Gasteiger partial charge in [0.15, 0.2) is 0 Å². The lowest BCUT2D eigenvalue weighted by molar-refractivity contribution is -0.130. The van der Waals surface area contributed by atoms with Gasteiger partial charge in [0.1, 0.15) is 12.2 Å². The van der Waals surface area contributed by atoms with E-state index >= 15 is 0 Å². The van der Waals surface area contributed by atoms with Gasteiger partial charge < -0.3 is 25.3 Å². The van der Waals surface area contributed by atoms with E-state index in [-0.39, 0.29) is 28.5 Å². The van der Waals surface area contributed by atoms with Gasteiger partial charge in [-0.1, -0.05) is 29.1 Å². The number of hydrogen-bond donors (Lipinski definition) is 2. The van der Waals surface area contributed by atoms with Crippen molar-refractivity contribution in [2.75, 3.05) is 70.3 Å². The Morgan fingerprint density at radius 2 is 1.67 bits per heavy atom. The zero-order valence-electron chi connectivity index (χ0n) is 28.3. The van der Waals surface area contributed by atoms with Gasteiger partial charge in [-0.2, -0.15) is 15.5 Å². The molecule has 1 atom stereocenters. The van der Waals surface area contributed by atoms with E-state index in [1.54, 1.807) is 17.2 Å². The predicted molar refractivity (Wildman–Crippen MR) is 205 cm³/mol. The number of aromatic nitrogens is 3. The molecule has 0 aliphatic carbocycles. The molecule has 4 aromatic rings. The molecule has 13 heteroatoms. The Bertz CT molecular complexity index is 1880. The summed E-state index contributed by atoms with van der Waals surface area (Å²) in [6.07, 6.45) is 5.78. The van der Waals surface area contributed by atoms with Crippen LogP contribution in [0.3, 0.4) is 0 Å². The number of benzene rings is 2. The van der Waals surface area contributed by atoms with Gasteiger partial charge in [-0.05, 0) is 102 Å². The number of amides is 1. The van der Waals surface area contributed by atoms with Crippen LogP contribution < -0.4 is 16.2 Å². The number of fused-ring (bicyclic) bond motifs is 1. The molecule has 2 N–H and O–H groups in total. The van der Waals surface area contributed by atoms with Gasteiger partial charge in [0, 0.05) is 64.8 Å². The molecule has 2 fully saturated rings. The maximum Gasteiger partial charge on any atom is 0.260 e. The standard InChI is InChI=1S/C36H44Cl2N8O2S/c1-43(2)17-18-49(4)28-20-30(37)33(31(38)21-28)29-19-24-22-39-36(42-34(24)46(35(29)48)23-32(47)45-13-5-6-14-45)41-26-9-7-25(8-10-26)40-27-11-15-44(3)16-12-27/h7-10,19-22,27,40H,4-6,11-18,23H2,1-3H3,(H,39,41,42). The van der Waals surface area contributed by atoms with Crippen LogP contribution >= 0.6 is 33.7 Å². The Kier molecular flexibility index (Phi) is 11.3. The molecule has 6 rings (SSSR count). The molecule has 2 aromatic heterocycles. The van der Waals surface area contributed by atoms with Crippen LogP contribution in [-0.2, 0) is 11.3 Å². The predicted octanol–water partition coefficient (Wildman–Crippen LogP) is 6.26.